The first-order valence-electron chi connectivity index (χ1n) is 5.22. The third-order valence-corrected chi connectivity index (χ3v) is 2.44. The Balaban J connectivity index is 2.86. The number of hydrogen-bond donors (Lipinski definition) is 2. The van der Waals surface area contributed by atoms with Gasteiger partial charge in [-0.3, -0.25) is 4.79 Å². The van der Waals surface area contributed by atoms with Crippen molar-refractivity contribution in [3.05, 3.63) is 23.3 Å². The number of carboxylic acid groups (broad SMARTS) is 1. The van der Waals surface area contributed by atoms with Crippen molar-refractivity contribution in [1.82, 2.24) is 5.32 Å². The van der Waals surface area contributed by atoms with Gasteiger partial charge in [-0.05, 0) is 18.6 Å². The van der Waals surface area contributed by atoms with Gasteiger partial charge < -0.3 is 19.9 Å². The first-order valence-corrected chi connectivity index (χ1v) is 5.22. The Morgan fingerprint density at radius 3 is 2.59 bits per heavy atom. The number of aryl methyl sites for hydroxylation is 1. The van der Waals surface area contributed by atoms with Gasteiger partial charge in [0.2, 0.25) is 0 Å². The second-order valence-electron chi connectivity index (χ2n) is 3.62. The number of benzene rings is 1. The van der Waals surface area contributed by atoms with E-state index in [9.17, 15) is 4.79 Å². The maximum atomic E-state index is 10.4. The summed E-state index contributed by atoms with van der Waals surface area (Å²) in [6.45, 7) is 2.31. The van der Waals surface area contributed by atoms with Crippen LogP contribution in [0.1, 0.15) is 11.1 Å². The van der Waals surface area contributed by atoms with Crippen LogP contribution < -0.4 is 14.8 Å². The third-order valence-electron chi connectivity index (χ3n) is 2.44. The van der Waals surface area contributed by atoms with Crippen LogP contribution in [0.3, 0.4) is 0 Å². The number of nitrogens with one attached hydrogen (secondary N) is 1. The third kappa shape index (κ3) is 3.64. The number of methoxy groups -OCH3 is 2. The second kappa shape index (κ2) is 6.10. The van der Waals surface area contributed by atoms with Crippen LogP contribution in [0, 0.1) is 6.92 Å². The predicted octanol–water partition coefficient (Wildman–Crippen LogP) is 1.19. The van der Waals surface area contributed by atoms with Crippen LogP contribution in [0.15, 0.2) is 12.1 Å². The topological polar surface area (TPSA) is 67.8 Å². The lowest BCUT2D eigenvalue weighted by Crippen LogP contribution is -2.22. The molecule has 0 heterocycles. The molecule has 0 spiro atoms. The molecule has 2 N–H and O–H groups in total. The van der Waals surface area contributed by atoms with E-state index < -0.39 is 5.97 Å². The lowest BCUT2D eigenvalue weighted by atomic mass is 10.1. The Morgan fingerprint density at radius 1 is 1.35 bits per heavy atom. The van der Waals surface area contributed by atoms with Crippen molar-refractivity contribution in [2.75, 3.05) is 20.8 Å². The van der Waals surface area contributed by atoms with E-state index in [4.69, 9.17) is 14.6 Å². The molecule has 0 bridgehead atoms. The normalized spacial score (nSPS) is 10.1. The van der Waals surface area contributed by atoms with Crippen molar-refractivity contribution in [2.24, 2.45) is 0 Å². The van der Waals surface area contributed by atoms with Gasteiger partial charge in [-0.15, -0.1) is 0 Å². The average molecular weight is 239 g/mol. The van der Waals surface area contributed by atoms with Crippen LogP contribution in [-0.4, -0.2) is 31.8 Å². The van der Waals surface area contributed by atoms with Crippen molar-refractivity contribution in [3.8, 4) is 11.5 Å². The maximum absolute atomic E-state index is 10.4. The quantitative estimate of drug-likeness (QED) is 0.780. The van der Waals surface area contributed by atoms with E-state index in [2.05, 4.69) is 5.32 Å². The summed E-state index contributed by atoms with van der Waals surface area (Å²) in [4.78, 5) is 10.4. The fraction of sp³-hybridized carbons (Fsp3) is 0.417. The van der Waals surface area contributed by atoms with Gasteiger partial charge in [0.25, 0.3) is 0 Å². The van der Waals surface area contributed by atoms with Gasteiger partial charge >= 0.3 is 5.97 Å². The molecule has 1 rings (SSSR count). The van der Waals surface area contributed by atoms with Gasteiger partial charge in [0.05, 0.1) is 20.8 Å². The molecule has 17 heavy (non-hydrogen) atoms. The summed E-state index contributed by atoms with van der Waals surface area (Å²) in [5.74, 6) is 0.538. The van der Waals surface area contributed by atoms with Gasteiger partial charge in [-0.25, -0.2) is 0 Å². The fourth-order valence-corrected chi connectivity index (χ4v) is 1.57. The highest BCUT2D eigenvalue weighted by Crippen LogP contribution is 2.28. The molecule has 0 unspecified atom stereocenters. The zero-order chi connectivity index (χ0) is 12.8. The van der Waals surface area contributed by atoms with Crippen molar-refractivity contribution in [1.29, 1.82) is 0 Å². The highest BCUT2D eigenvalue weighted by atomic mass is 16.5. The maximum Gasteiger partial charge on any atom is 0.317 e. The van der Waals surface area contributed by atoms with E-state index >= 15 is 0 Å². The molecule has 5 heteroatoms. The van der Waals surface area contributed by atoms with Crippen LogP contribution >= 0.6 is 0 Å². The number of ether oxygens (including phenoxy) is 2. The minimum atomic E-state index is -0.880. The molecule has 0 fully saturated rings. The van der Waals surface area contributed by atoms with E-state index in [1.807, 2.05) is 13.0 Å². The molecule has 0 saturated carbocycles. The lowest BCUT2D eigenvalue weighted by Gasteiger charge is -2.13. The number of carboxylic acids is 1. The van der Waals surface area contributed by atoms with Gasteiger partial charge in [0.1, 0.15) is 11.5 Å². The largest absolute Gasteiger partial charge is 0.497 e. The number of rotatable bonds is 6. The smallest absolute Gasteiger partial charge is 0.317 e. The summed E-state index contributed by atoms with van der Waals surface area (Å²) in [7, 11) is 3.17. The summed E-state index contributed by atoms with van der Waals surface area (Å²) >= 11 is 0. The monoisotopic (exact) mass is 239 g/mol. The first-order chi connectivity index (χ1) is 8.08. The second-order valence-corrected chi connectivity index (χ2v) is 3.62. The summed E-state index contributed by atoms with van der Waals surface area (Å²) in [5, 5.41) is 11.4. The molecule has 0 aliphatic heterocycles. The lowest BCUT2D eigenvalue weighted by molar-refractivity contribution is -0.136. The summed E-state index contributed by atoms with van der Waals surface area (Å²) in [6.07, 6.45) is 0. The first kappa shape index (κ1) is 13.3. The Labute approximate surface area is 100 Å². The van der Waals surface area contributed by atoms with Crippen molar-refractivity contribution >= 4 is 5.97 Å². The molecule has 0 aromatic heterocycles. The molecule has 0 atom stereocenters. The molecule has 0 aliphatic carbocycles. The molecule has 1 aromatic rings. The minimum Gasteiger partial charge on any atom is -0.497 e. The predicted molar refractivity (Wildman–Crippen MR) is 63.6 cm³/mol. The molecule has 0 amide bonds. The van der Waals surface area contributed by atoms with Gasteiger partial charge in [0.15, 0.2) is 0 Å². The van der Waals surface area contributed by atoms with Crippen LogP contribution in [0.4, 0.5) is 0 Å². The van der Waals surface area contributed by atoms with Crippen LogP contribution in [0.25, 0.3) is 0 Å². The SMILES string of the molecule is COc1cc(C)c(CNCC(=O)O)c(OC)c1. The molecule has 5 nitrogen and oxygen atoms in total. The zero-order valence-electron chi connectivity index (χ0n) is 10.2. The zero-order valence-corrected chi connectivity index (χ0v) is 10.2. The molecular formula is C12H17NO4. The van der Waals surface area contributed by atoms with Crippen molar-refractivity contribution in [3.63, 3.8) is 0 Å². The van der Waals surface area contributed by atoms with Crippen molar-refractivity contribution < 1.29 is 19.4 Å². The van der Waals surface area contributed by atoms with Crippen LogP contribution in [-0.2, 0) is 11.3 Å². The Bertz CT molecular complexity index is 404. The molecule has 0 radical (unpaired) electrons. The number of aliphatic carboxylic acids is 1. The van der Waals surface area contributed by atoms with Gasteiger partial charge in [-0.1, -0.05) is 0 Å². The average Bonchev–Trinajstić information content (AvgIpc) is 2.30. The molecular weight excluding hydrogens is 222 g/mol. The molecule has 94 valence electrons. The summed E-state index contributed by atoms with van der Waals surface area (Å²) < 4.78 is 10.4. The van der Waals surface area contributed by atoms with Crippen LogP contribution in [0.2, 0.25) is 0 Å². The van der Waals surface area contributed by atoms with E-state index in [1.165, 1.54) is 0 Å². The standard InChI is InChI=1S/C12H17NO4/c1-8-4-9(16-2)5-11(17-3)10(8)6-13-7-12(14)15/h4-5,13H,6-7H2,1-3H3,(H,14,15). The number of carbonyl (C=O) groups is 1. The van der Waals surface area contributed by atoms with Crippen molar-refractivity contribution in [2.45, 2.75) is 13.5 Å². The van der Waals surface area contributed by atoms with E-state index in [0.717, 1.165) is 16.9 Å². The van der Waals surface area contributed by atoms with Gasteiger partial charge in [-0.2, -0.15) is 0 Å². The molecule has 1 aromatic carbocycles. The highest BCUT2D eigenvalue weighted by molar-refractivity contribution is 5.69. The summed E-state index contributed by atoms with van der Waals surface area (Å²) in [5.41, 5.74) is 1.94. The minimum absolute atomic E-state index is 0.0748. The van der Waals surface area contributed by atoms with Gasteiger partial charge in [0, 0.05) is 18.2 Å². The fourth-order valence-electron chi connectivity index (χ4n) is 1.57. The number of hydrogen-bond acceptors (Lipinski definition) is 4. The summed E-state index contributed by atoms with van der Waals surface area (Å²) in [6, 6.07) is 3.67. The van der Waals surface area contributed by atoms with E-state index in [0.29, 0.717) is 12.3 Å². The Morgan fingerprint density at radius 2 is 2.06 bits per heavy atom. The van der Waals surface area contributed by atoms with Crippen LogP contribution in [0.5, 0.6) is 11.5 Å². The Kier molecular flexibility index (Phi) is 4.78. The van der Waals surface area contributed by atoms with E-state index in [-0.39, 0.29) is 6.54 Å². The van der Waals surface area contributed by atoms with E-state index in [1.54, 1.807) is 20.3 Å². The highest BCUT2D eigenvalue weighted by Gasteiger charge is 2.09. The Hall–Kier alpha value is -1.75. The molecule has 0 saturated heterocycles. The molecule has 0 aliphatic rings.